The van der Waals surface area contributed by atoms with Gasteiger partial charge in [0.05, 0.1) is 10.6 Å². The van der Waals surface area contributed by atoms with Gasteiger partial charge in [0.1, 0.15) is 6.04 Å². The van der Waals surface area contributed by atoms with Crippen molar-refractivity contribution in [2.75, 3.05) is 0 Å². The van der Waals surface area contributed by atoms with Crippen molar-refractivity contribution < 1.29 is 14.7 Å². The molecule has 0 aliphatic carbocycles. The quantitative estimate of drug-likeness (QED) is 0.722. The summed E-state index contributed by atoms with van der Waals surface area (Å²) in [6.45, 7) is 2.09. The van der Waals surface area contributed by atoms with Crippen LogP contribution in [-0.2, 0) is 4.79 Å². The van der Waals surface area contributed by atoms with Crippen LogP contribution in [0.25, 0.3) is 0 Å². The Morgan fingerprint density at radius 3 is 2.55 bits per heavy atom. The minimum absolute atomic E-state index is 0.300. The van der Waals surface area contributed by atoms with Gasteiger partial charge < -0.3 is 10.4 Å². The third-order valence-electron chi connectivity index (χ3n) is 3.07. The molecule has 1 amide bonds. The van der Waals surface area contributed by atoms with Crippen LogP contribution in [0.3, 0.4) is 0 Å². The van der Waals surface area contributed by atoms with Gasteiger partial charge in [0, 0.05) is 0 Å². The summed E-state index contributed by atoms with van der Waals surface area (Å²) in [7, 11) is 0. The number of nitrogens with one attached hydrogen (secondary N) is 1. The molecule has 0 radical (unpaired) electrons. The zero-order chi connectivity index (χ0) is 15.0. The van der Waals surface area contributed by atoms with Gasteiger partial charge >= 0.3 is 5.97 Å². The Bertz CT molecular complexity index is 462. The fourth-order valence-electron chi connectivity index (χ4n) is 1.91. The van der Waals surface area contributed by atoms with E-state index in [4.69, 9.17) is 16.7 Å². The van der Waals surface area contributed by atoms with E-state index in [1.807, 2.05) is 0 Å². The fraction of sp³-hybridized carbons (Fsp3) is 0.467. The average Bonchev–Trinajstić information content (AvgIpc) is 2.42. The molecule has 1 atom stereocenters. The van der Waals surface area contributed by atoms with Crippen molar-refractivity contribution in [3.05, 3.63) is 34.9 Å². The molecular formula is C15H20ClNO3. The lowest BCUT2D eigenvalue weighted by Gasteiger charge is -2.15. The Morgan fingerprint density at radius 1 is 1.25 bits per heavy atom. The number of carbonyl (C=O) groups excluding carboxylic acids is 1. The van der Waals surface area contributed by atoms with E-state index in [-0.39, 0.29) is 0 Å². The Labute approximate surface area is 124 Å². The van der Waals surface area contributed by atoms with E-state index in [9.17, 15) is 9.59 Å². The number of benzene rings is 1. The minimum Gasteiger partial charge on any atom is -0.480 e. The maximum atomic E-state index is 12.0. The van der Waals surface area contributed by atoms with Crippen LogP contribution < -0.4 is 5.32 Å². The zero-order valence-corrected chi connectivity index (χ0v) is 12.3. The lowest BCUT2D eigenvalue weighted by atomic mass is 10.1. The van der Waals surface area contributed by atoms with Crippen molar-refractivity contribution in [2.24, 2.45) is 0 Å². The predicted octanol–water partition coefficient (Wildman–Crippen LogP) is 3.49. The van der Waals surface area contributed by atoms with Crippen molar-refractivity contribution in [1.29, 1.82) is 0 Å². The summed E-state index contributed by atoms with van der Waals surface area (Å²) in [6, 6.07) is 5.73. The van der Waals surface area contributed by atoms with E-state index >= 15 is 0 Å². The molecule has 1 aromatic rings. The third kappa shape index (κ3) is 5.21. The Balaban J connectivity index is 2.59. The number of rotatable bonds is 8. The van der Waals surface area contributed by atoms with E-state index in [0.29, 0.717) is 17.0 Å². The average molecular weight is 298 g/mol. The highest BCUT2D eigenvalue weighted by molar-refractivity contribution is 6.33. The number of carbonyl (C=O) groups is 2. The van der Waals surface area contributed by atoms with Gasteiger partial charge in [0.25, 0.3) is 5.91 Å². The monoisotopic (exact) mass is 297 g/mol. The van der Waals surface area contributed by atoms with Crippen molar-refractivity contribution >= 4 is 23.5 Å². The maximum absolute atomic E-state index is 12.0. The second kappa shape index (κ2) is 8.59. The first-order valence-electron chi connectivity index (χ1n) is 6.84. The zero-order valence-electron chi connectivity index (χ0n) is 11.6. The number of carboxylic acid groups (broad SMARTS) is 1. The fourth-order valence-corrected chi connectivity index (χ4v) is 2.14. The number of carboxylic acids is 1. The van der Waals surface area contributed by atoms with Gasteiger partial charge in [-0.05, 0) is 18.6 Å². The summed E-state index contributed by atoms with van der Waals surface area (Å²) in [5, 5.41) is 12.0. The molecule has 0 unspecified atom stereocenters. The van der Waals surface area contributed by atoms with Crippen LogP contribution in [0.15, 0.2) is 24.3 Å². The summed E-state index contributed by atoms with van der Waals surface area (Å²) in [5.41, 5.74) is 0.300. The smallest absolute Gasteiger partial charge is 0.326 e. The lowest BCUT2D eigenvalue weighted by molar-refractivity contribution is -0.139. The van der Waals surface area contributed by atoms with Crippen LogP contribution in [0.1, 0.15) is 49.4 Å². The van der Waals surface area contributed by atoms with Gasteiger partial charge in [-0.2, -0.15) is 0 Å². The van der Waals surface area contributed by atoms with Gasteiger partial charge in [-0.25, -0.2) is 4.79 Å². The molecule has 0 fully saturated rings. The van der Waals surface area contributed by atoms with Crippen LogP contribution in [0.5, 0.6) is 0 Å². The molecule has 5 heteroatoms. The summed E-state index contributed by atoms with van der Waals surface area (Å²) < 4.78 is 0. The molecule has 0 aliphatic heterocycles. The minimum atomic E-state index is -1.01. The van der Waals surface area contributed by atoms with E-state index < -0.39 is 17.9 Å². The van der Waals surface area contributed by atoms with E-state index in [0.717, 1.165) is 25.7 Å². The van der Waals surface area contributed by atoms with Crippen molar-refractivity contribution in [3.63, 3.8) is 0 Å². The largest absolute Gasteiger partial charge is 0.480 e. The number of hydrogen-bond acceptors (Lipinski definition) is 2. The molecule has 4 nitrogen and oxygen atoms in total. The maximum Gasteiger partial charge on any atom is 0.326 e. The van der Waals surface area contributed by atoms with Gasteiger partial charge in [0.2, 0.25) is 0 Å². The second-order valence-corrected chi connectivity index (χ2v) is 5.10. The van der Waals surface area contributed by atoms with Crippen molar-refractivity contribution in [1.82, 2.24) is 5.32 Å². The number of amides is 1. The highest BCUT2D eigenvalue weighted by Gasteiger charge is 2.21. The van der Waals surface area contributed by atoms with Crippen LogP contribution >= 0.6 is 11.6 Å². The standard InChI is InChI=1S/C15H20ClNO3/c1-2-3-4-5-10-13(15(19)20)17-14(18)11-8-6-7-9-12(11)16/h6-9,13H,2-5,10H2,1H3,(H,17,18)(H,19,20)/t13-/m0/s1. The molecule has 0 bridgehead atoms. The summed E-state index contributed by atoms with van der Waals surface area (Å²) in [5.74, 6) is -1.46. The molecule has 0 saturated heterocycles. The first kappa shape index (κ1) is 16.5. The summed E-state index contributed by atoms with van der Waals surface area (Å²) in [4.78, 5) is 23.2. The van der Waals surface area contributed by atoms with E-state index in [1.165, 1.54) is 0 Å². The Kier molecular flexibility index (Phi) is 7.09. The molecule has 0 aromatic heterocycles. The van der Waals surface area contributed by atoms with E-state index in [1.54, 1.807) is 24.3 Å². The normalized spacial score (nSPS) is 11.9. The number of unbranched alkanes of at least 4 members (excludes halogenated alkanes) is 3. The molecule has 1 aromatic carbocycles. The third-order valence-corrected chi connectivity index (χ3v) is 3.40. The SMILES string of the molecule is CCCCCC[C@H](NC(=O)c1ccccc1Cl)C(=O)O. The molecule has 0 aliphatic rings. The molecule has 0 saturated carbocycles. The van der Waals surface area contributed by atoms with Crippen molar-refractivity contribution in [2.45, 2.75) is 45.1 Å². The molecule has 0 heterocycles. The summed E-state index contributed by atoms with van der Waals surface area (Å²) in [6.07, 6.45) is 4.36. The van der Waals surface area contributed by atoms with Gasteiger partial charge in [-0.3, -0.25) is 4.79 Å². The van der Waals surface area contributed by atoms with Crippen LogP contribution in [-0.4, -0.2) is 23.0 Å². The molecule has 110 valence electrons. The molecular weight excluding hydrogens is 278 g/mol. The highest BCUT2D eigenvalue weighted by atomic mass is 35.5. The molecule has 2 N–H and O–H groups in total. The predicted molar refractivity (Wildman–Crippen MR) is 79.1 cm³/mol. The number of halogens is 1. The first-order valence-corrected chi connectivity index (χ1v) is 7.22. The Morgan fingerprint density at radius 2 is 1.95 bits per heavy atom. The van der Waals surface area contributed by atoms with Crippen LogP contribution in [0.4, 0.5) is 0 Å². The molecule has 1 rings (SSSR count). The van der Waals surface area contributed by atoms with E-state index in [2.05, 4.69) is 12.2 Å². The van der Waals surface area contributed by atoms with Gasteiger partial charge in [0.15, 0.2) is 0 Å². The highest BCUT2D eigenvalue weighted by Crippen LogP contribution is 2.15. The topological polar surface area (TPSA) is 66.4 Å². The summed E-state index contributed by atoms with van der Waals surface area (Å²) >= 11 is 5.92. The second-order valence-electron chi connectivity index (χ2n) is 4.69. The number of aliphatic carboxylic acids is 1. The first-order chi connectivity index (χ1) is 9.56. The van der Waals surface area contributed by atoms with Crippen LogP contribution in [0.2, 0.25) is 5.02 Å². The van der Waals surface area contributed by atoms with Crippen molar-refractivity contribution in [3.8, 4) is 0 Å². The lowest BCUT2D eigenvalue weighted by Crippen LogP contribution is -2.40. The molecule has 20 heavy (non-hydrogen) atoms. The van der Waals surface area contributed by atoms with Crippen LogP contribution in [0, 0.1) is 0 Å². The van der Waals surface area contributed by atoms with Gasteiger partial charge in [-0.1, -0.05) is 56.3 Å². The number of hydrogen-bond donors (Lipinski definition) is 2. The Hall–Kier alpha value is -1.55. The molecule has 0 spiro atoms. The van der Waals surface area contributed by atoms with Gasteiger partial charge in [-0.15, -0.1) is 0 Å².